The molecule has 0 aliphatic carbocycles. The van der Waals surface area contributed by atoms with Gasteiger partial charge in [-0.1, -0.05) is 22.0 Å². The van der Waals surface area contributed by atoms with Gasteiger partial charge in [-0.3, -0.25) is 4.79 Å². The Balaban J connectivity index is 1.89. The lowest BCUT2D eigenvalue weighted by Gasteiger charge is -2.17. The Bertz CT molecular complexity index is 542. The molecule has 0 radical (unpaired) electrons. The maximum atomic E-state index is 13.9. The van der Waals surface area contributed by atoms with Crippen LogP contribution in [0.25, 0.3) is 0 Å². The van der Waals surface area contributed by atoms with Crippen LogP contribution in [0, 0.1) is 0 Å². The van der Waals surface area contributed by atoms with Gasteiger partial charge < -0.3 is 10.0 Å². The maximum Gasteiger partial charge on any atom is 0.343 e. The van der Waals surface area contributed by atoms with E-state index >= 15 is 0 Å². The summed E-state index contributed by atoms with van der Waals surface area (Å²) in [5.74, 6) is -1.56. The Hall–Kier alpha value is -1.08. The lowest BCUT2D eigenvalue weighted by atomic mass is 10.1. The molecule has 2 rings (SSSR count). The summed E-state index contributed by atoms with van der Waals surface area (Å²) >= 11 is 4.69. The number of thioether (sulfide) groups is 1. The van der Waals surface area contributed by atoms with Crippen LogP contribution in [0.2, 0.25) is 0 Å². The molecule has 1 N–H and O–H groups in total. The first kappa shape index (κ1) is 15.3. The van der Waals surface area contributed by atoms with E-state index in [1.165, 1.54) is 16.7 Å². The van der Waals surface area contributed by atoms with E-state index < -0.39 is 11.6 Å². The second-order valence-electron chi connectivity index (χ2n) is 4.58. The van der Waals surface area contributed by atoms with Crippen molar-refractivity contribution in [2.75, 3.05) is 18.8 Å². The first-order valence-corrected chi connectivity index (χ1v) is 7.77. The average Bonchev–Trinajstić information content (AvgIpc) is 2.80. The Morgan fingerprint density at radius 1 is 1.50 bits per heavy atom. The first-order valence-electron chi connectivity index (χ1n) is 5.99. The summed E-state index contributed by atoms with van der Waals surface area (Å²) in [4.78, 5) is 24.9. The van der Waals surface area contributed by atoms with Crippen molar-refractivity contribution >= 4 is 39.6 Å². The van der Waals surface area contributed by atoms with E-state index in [4.69, 9.17) is 5.11 Å². The van der Waals surface area contributed by atoms with E-state index in [2.05, 4.69) is 15.9 Å². The zero-order valence-electron chi connectivity index (χ0n) is 10.5. The summed E-state index contributed by atoms with van der Waals surface area (Å²) in [6, 6.07) is 7.52. The van der Waals surface area contributed by atoms with Gasteiger partial charge >= 0.3 is 5.97 Å². The topological polar surface area (TPSA) is 57.6 Å². The van der Waals surface area contributed by atoms with Crippen LogP contribution in [0.5, 0.6) is 0 Å². The number of halogens is 2. The fourth-order valence-corrected chi connectivity index (χ4v) is 3.36. The molecule has 1 heterocycles. The highest BCUT2D eigenvalue weighted by Crippen LogP contribution is 2.28. The van der Waals surface area contributed by atoms with Gasteiger partial charge in [0, 0.05) is 22.3 Å². The molecule has 1 aromatic rings. The molecule has 1 unspecified atom stereocenters. The molecule has 108 valence electrons. The third kappa shape index (κ3) is 3.52. The average molecular weight is 362 g/mol. The zero-order valence-corrected chi connectivity index (χ0v) is 12.9. The number of hydrogen-bond acceptors (Lipinski definition) is 3. The number of alkyl halides is 1. The predicted octanol–water partition coefficient (Wildman–Crippen LogP) is 2.57. The van der Waals surface area contributed by atoms with Gasteiger partial charge in [0.1, 0.15) is 0 Å². The van der Waals surface area contributed by atoms with Crippen LogP contribution < -0.4 is 0 Å². The predicted molar refractivity (Wildman–Crippen MR) is 77.5 cm³/mol. The van der Waals surface area contributed by atoms with Crippen LogP contribution in [0.3, 0.4) is 0 Å². The fraction of sp³-hybridized carbons (Fsp3) is 0.385. The van der Waals surface area contributed by atoms with E-state index in [1.54, 1.807) is 0 Å². The Morgan fingerprint density at radius 3 is 2.85 bits per heavy atom. The number of carbonyl (C=O) groups excluding carboxylic acids is 1. The minimum Gasteiger partial charge on any atom is -0.479 e. The van der Waals surface area contributed by atoms with E-state index in [-0.39, 0.29) is 31.2 Å². The second kappa shape index (κ2) is 6.13. The minimum absolute atomic E-state index is 0.143. The van der Waals surface area contributed by atoms with Gasteiger partial charge in [0.2, 0.25) is 11.6 Å². The van der Waals surface area contributed by atoms with E-state index in [0.29, 0.717) is 0 Å². The maximum absolute atomic E-state index is 13.9. The molecule has 1 aliphatic heterocycles. The molecule has 1 saturated heterocycles. The molecule has 1 aromatic carbocycles. The molecule has 1 atom stereocenters. The van der Waals surface area contributed by atoms with Crippen molar-refractivity contribution in [3.05, 3.63) is 28.7 Å². The van der Waals surface area contributed by atoms with Crippen molar-refractivity contribution in [3.63, 3.8) is 0 Å². The van der Waals surface area contributed by atoms with Crippen LogP contribution >= 0.6 is 27.7 Å². The Morgan fingerprint density at radius 2 is 2.25 bits per heavy atom. The number of hydrogen-bond donors (Lipinski definition) is 1. The lowest BCUT2D eigenvalue weighted by molar-refractivity contribution is -0.150. The quantitative estimate of drug-likeness (QED) is 0.837. The Labute approximate surface area is 128 Å². The lowest BCUT2D eigenvalue weighted by Crippen LogP contribution is -2.39. The number of carboxylic acids is 1. The van der Waals surface area contributed by atoms with Crippen molar-refractivity contribution in [3.8, 4) is 0 Å². The number of likely N-dealkylation sites (tertiary alicyclic amines) is 1. The number of nitrogens with zero attached hydrogens (tertiary/aromatic N) is 1. The van der Waals surface area contributed by atoms with Gasteiger partial charge in [0.25, 0.3) is 0 Å². The number of carboxylic acid groups (broad SMARTS) is 1. The highest BCUT2D eigenvalue weighted by Gasteiger charge is 2.46. The van der Waals surface area contributed by atoms with Crippen molar-refractivity contribution < 1.29 is 19.1 Å². The summed E-state index contributed by atoms with van der Waals surface area (Å²) < 4.78 is 14.8. The summed E-state index contributed by atoms with van der Waals surface area (Å²) in [6.07, 6.45) is -0.143. The largest absolute Gasteiger partial charge is 0.479 e. The van der Waals surface area contributed by atoms with Crippen molar-refractivity contribution in [2.24, 2.45) is 0 Å². The SMILES string of the molecule is O=C(CSc1cccc(Br)c1)N1CCC(F)(C(=O)O)C1. The monoisotopic (exact) mass is 361 g/mol. The highest BCUT2D eigenvalue weighted by atomic mass is 79.9. The van der Waals surface area contributed by atoms with Crippen molar-refractivity contribution in [1.29, 1.82) is 0 Å². The van der Waals surface area contributed by atoms with Crippen LogP contribution in [0.15, 0.2) is 33.6 Å². The number of rotatable bonds is 4. The van der Waals surface area contributed by atoms with Gasteiger partial charge in [-0.2, -0.15) is 0 Å². The van der Waals surface area contributed by atoms with E-state index in [0.717, 1.165) is 9.37 Å². The zero-order chi connectivity index (χ0) is 14.8. The van der Waals surface area contributed by atoms with Gasteiger partial charge in [0.05, 0.1) is 12.3 Å². The third-order valence-corrected chi connectivity index (χ3v) is 4.59. The standard InChI is InChI=1S/C13H13BrFNO3S/c14-9-2-1-3-10(6-9)20-7-11(17)16-5-4-13(15,8-16)12(18)19/h1-3,6H,4-5,7-8H2,(H,18,19). The summed E-state index contributed by atoms with van der Waals surface area (Å²) in [5.41, 5.74) is -2.30. The first-order chi connectivity index (χ1) is 9.40. The second-order valence-corrected chi connectivity index (χ2v) is 6.55. The molecule has 20 heavy (non-hydrogen) atoms. The number of carbonyl (C=O) groups is 2. The molecule has 0 bridgehead atoms. The minimum atomic E-state index is -2.30. The van der Waals surface area contributed by atoms with Crippen molar-refractivity contribution in [2.45, 2.75) is 17.0 Å². The molecule has 1 amide bonds. The van der Waals surface area contributed by atoms with Crippen LogP contribution in [0.4, 0.5) is 4.39 Å². The molecule has 1 fully saturated rings. The summed E-state index contributed by atoms with van der Waals surface area (Å²) in [7, 11) is 0. The van der Waals surface area contributed by atoms with Crippen LogP contribution in [-0.2, 0) is 9.59 Å². The third-order valence-electron chi connectivity index (χ3n) is 3.11. The summed E-state index contributed by atoms with van der Waals surface area (Å²) in [5, 5.41) is 8.79. The number of aliphatic carboxylic acids is 1. The van der Waals surface area contributed by atoms with E-state index in [1.807, 2.05) is 24.3 Å². The van der Waals surface area contributed by atoms with Gasteiger partial charge in [0.15, 0.2) is 0 Å². The molecule has 0 aromatic heterocycles. The normalized spacial score (nSPS) is 22.0. The molecular weight excluding hydrogens is 349 g/mol. The van der Waals surface area contributed by atoms with E-state index in [9.17, 15) is 14.0 Å². The number of benzene rings is 1. The molecule has 0 spiro atoms. The van der Waals surface area contributed by atoms with Gasteiger partial charge in [-0.05, 0) is 18.2 Å². The Kier molecular flexibility index (Phi) is 4.70. The summed E-state index contributed by atoms with van der Waals surface area (Å²) in [6.45, 7) is -0.207. The number of amides is 1. The highest BCUT2D eigenvalue weighted by molar-refractivity contribution is 9.10. The van der Waals surface area contributed by atoms with Crippen molar-refractivity contribution in [1.82, 2.24) is 4.90 Å². The molecular formula is C13H13BrFNO3S. The van der Waals surface area contributed by atoms with Crippen LogP contribution in [-0.4, -0.2) is 46.4 Å². The van der Waals surface area contributed by atoms with Gasteiger partial charge in [-0.15, -0.1) is 11.8 Å². The fourth-order valence-electron chi connectivity index (χ4n) is 1.95. The molecule has 4 nitrogen and oxygen atoms in total. The van der Waals surface area contributed by atoms with Gasteiger partial charge in [-0.25, -0.2) is 9.18 Å². The smallest absolute Gasteiger partial charge is 0.343 e. The molecule has 1 aliphatic rings. The molecule has 7 heteroatoms. The molecule has 0 saturated carbocycles. The van der Waals surface area contributed by atoms with Crippen LogP contribution in [0.1, 0.15) is 6.42 Å².